The van der Waals surface area contributed by atoms with E-state index in [4.69, 9.17) is 0 Å². The van der Waals surface area contributed by atoms with Crippen molar-refractivity contribution in [3.05, 3.63) is 21.7 Å². The molecule has 1 fully saturated rings. The molecule has 3 rings (SSSR count). The van der Waals surface area contributed by atoms with Crippen molar-refractivity contribution in [2.45, 2.75) is 51.1 Å². The van der Waals surface area contributed by atoms with Crippen LogP contribution in [0.4, 0.5) is 5.82 Å². The van der Waals surface area contributed by atoms with Crippen LogP contribution in [0.5, 0.6) is 0 Å². The summed E-state index contributed by atoms with van der Waals surface area (Å²) in [7, 11) is 2.09. The molecule has 0 aromatic carbocycles. The highest BCUT2D eigenvalue weighted by Crippen LogP contribution is 2.28. The zero-order valence-electron chi connectivity index (χ0n) is 11.5. The predicted octanol–water partition coefficient (Wildman–Crippen LogP) is 1.18. The Morgan fingerprint density at radius 1 is 1.26 bits per heavy atom. The van der Waals surface area contributed by atoms with Gasteiger partial charge in [-0.15, -0.1) is 0 Å². The Balaban J connectivity index is 1.94. The smallest absolute Gasteiger partial charge is 0.347 e. The van der Waals surface area contributed by atoms with Gasteiger partial charge >= 0.3 is 5.69 Å². The first kappa shape index (κ1) is 12.7. The van der Waals surface area contributed by atoms with E-state index in [1.165, 1.54) is 37.7 Å². The second kappa shape index (κ2) is 5.33. The molecule has 0 atom stereocenters. The Labute approximate surface area is 113 Å². The number of nitrogens with zero attached hydrogens (tertiary/aromatic N) is 2. The summed E-state index contributed by atoms with van der Waals surface area (Å²) in [6, 6.07) is 0.536. The van der Waals surface area contributed by atoms with Gasteiger partial charge in [-0.1, -0.05) is 19.3 Å². The van der Waals surface area contributed by atoms with E-state index < -0.39 is 0 Å². The SMILES string of the molecule is CN(c1nc(=O)[nH]c2c1CNCC2)C1CCCCC1. The van der Waals surface area contributed by atoms with Crippen molar-refractivity contribution in [2.24, 2.45) is 0 Å². The highest BCUT2D eigenvalue weighted by atomic mass is 16.1. The summed E-state index contributed by atoms with van der Waals surface area (Å²) in [6.45, 7) is 1.74. The second-order valence-corrected chi connectivity index (χ2v) is 5.65. The van der Waals surface area contributed by atoms with Crippen LogP contribution in [0.25, 0.3) is 0 Å². The van der Waals surface area contributed by atoms with E-state index in [1.807, 2.05) is 0 Å². The van der Waals surface area contributed by atoms with Gasteiger partial charge in [0.1, 0.15) is 5.82 Å². The summed E-state index contributed by atoms with van der Waals surface area (Å²) in [4.78, 5) is 21.1. The van der Waals surface area contributed by atoms with Crippen molar-refractivity contribution >= 4 is 5.82 Å². The van der Waals surface area contributed by atoms with Crippen molar-refractivity contribution in [3.63, 3.8) is 0 Å². The van der Waals surface area contributed by atoms with E-state index >= 15 is 0 Å². The first-order valence-electron chi connectivity index (χ1n) is 7.31. The number of hydrogen-bond donors (Lipinski definition) is 2. The first-order chi connectivity index (χ1) is 9.25. The zero-order chi connectivity index (χ0) is 13.2. The fourth-order valence-corrected chi connectivity index (χ4v) is 3.29. The molecule has 1 aliphatic carbocycles. The minimum absolute atomic E-state index is 0.210. The third kappa shape index (κ3) is 2.52. The number of aromatic amines is 1. The monoisotopic (exact) mass is 262 g/mol. The van der Waals surface area contributed by atoms with Gasteiger partial charge in [-0.05, 0) is 12.8 Å². The molecular formula is C14H22N4O. The van der Waals surface area contributed by atoms with E-state index in [0.717, 1.165) is 31.0 Å². The third-order valence-electron chi connectivity index (χ3n) is 4.41. The molecule has 1 saturated carbocycles. The Morgan fingerprint density at radius 3 is 2.84 bits per heavy atom. The number of nitrogens with one attached hydrogen (secondary N) is 2. The van der Waals surface area contributed by atoms with Gasteiger partial charge in [0.25, 0.3) is 0 Å². The van der Waals surface area contributed by atoms with Crippen molar-refractivity contribution in [3.8, 4) is 0 Å². The number of H-pyrrole nitrogens is 1. The molecule has 1 aromatic rings. The highest BCUT2D eigenvalue weighted by Gasteiger charge is 2.24. The molecule has 2 aliphatic rings. The molecule has 104 valence electrons. The van der Waals surface area contributed by atoms with Gasteiger partial charge in [0.15, 0.2) is 0 Å². The minimum atomic E-state index is -0.210. The fraction of sp³-hybridized carbons (Fsp3) is 0.714. The zero-order valence-corrected chi connectivity index (χ0v) is 11.5. The topological polar surface area (TPSA) is 61.0 Å². The molecule has 5 heteroatoms. The van der Waals surface area contributed by atoms with Crippen molar-refractivity contribution in [2.75, 3.05) is 18.5 Å². The maximum absolute atomic E-state index is 11.7. The number of fused-ring (bicyclic) bond motifs is 1. The summed E-state index contributed by atoms with van der Waals surface area (Å²) in [5, 5.41) is 3.37. The quantitative estimate of drug-likeness (QED) is 0.840. The molecule has 0 unspecified atom stereocenters. The van der Waals surface area contributed by atoms with E-state index in [9.17, 15) is 4.79 Å². The van der Waals surface area contributed by atoms with Crippen LogP contribution in [0.2, 0.25) is 0 Å². The van der Waals surface area contributed by atoms with Crippen molar-refractivity contribution < 1.29 is 0 Å². The Bertz CT molecular complexity index is 505. The molecule has 0 saturated heterocycles. The van der Waals surface area contributed by atoms with E-state index in [2.05, 4.69) is 27.2 Å². The van der Waals surface area contributed by atoms with Gasteiger partial charge in [0.2, 0.25) is 0 Å². The summed E-state index contributed by atoms with van der Waals surface area (Å²) < 4.78 is 0. The summed E-state index contributed by atoms with van der Waals surface area (Å²) in [5.74, 6) is 0.887. The van der Waals surface area contributed by atoms with Gasteiger partial charge < -0.3 is 15.2 Å². The Morgan fingerprint density at radius 2 is 2.05 bits per heavy atom. The van der Waals surface area contributed by atoms with Crippen LogP contribution in [0, 0.1) is 0 Å². The van der Waals surface area contributed by atoms with Crippen LogP contribution in [-0.4, -0.2) is 29.6 Å². The molecular weight excluding hydrogens is 240 g/mol. The van der Waals surface area contributed by atoms with Crippen LogP contribution in [0.15, 0.2) is 4.79 Å². The summed E-state index contributed by atoms with van der Waals surface area (Å²) in [6.07, 6.45) is 7.24. The molecule has 0 spiro atoms. The van der Waals surface area contributed by atoms with Crippen molar-refractivity contribution in [1.82, 2.24) is 15.3 Å². The van der Waals surface area contributed by atoms with Crippen LogP contribution < -0.4 is 15.9 Å². The molecule has 0 amide bonds. The lowest BCUT2D eigenvalue weighted by atomic mass is 9.94. The Kier molecular flexibility index (Phi) is 3.55. The molecule has 2 N–H and O–H groups in total. The minimum Gasteiger partial charge on any atom is -0.356 e. The number of hydrogen-bond acceptors (Lipinski definition) is 4. The third-order valence-corrected chi connectivity index (χ3v) is 4.41. The van der Waals surface area contributed by atoms with E-state index in [1.54, 1.807) is 0 Å². The van der Waals surface area contributed by atoms with Crippen LogP contribution in [-0.2, 0) is 13.0 Å². The van der Waals surface area contributed by atoms with E-state index in [0.29, 0.717) is 6.04 Å². The van der Waals surface area contributed by atoms with Gasteiger partial charge in [0.05, 0.1) is 0 Å². The Hall–Kier alpha value is -1.36. The lowest BCUT2D eigenvalue weighted by molar-refractivity contribution is 0.424. The van der Waals surface area contributed by atoms with Gasteiger partial charge in [-0.2, -0.15) is 4.98 Å². The summed E-state index contributed by atoms with van der Waals surface area (Å²) >= 11 is 0. The van der Waals surface area contributed by atoms with Crippen LogP contribution in [0.1, 0.15) is 43.4 Å². The average molecular weight is 262 g/mol. The van der Waals surface area contributed by atoms with Gasteiger partial charge in [-0.3, -0.25) is 0 Å². The van der Waals surface area contributed by atoms with Crippen LogP contribution in [0.3, 0.4) is 0 Å². The molecule has 19 heavy (non-hydrogen) atoms. The maximum atomic E-state index is 11.7. The standard InChI is InChI=1S/C14H22N4O/c1-18(10-5-3-2-4-6-10)13-11-9-15-8-7-12(11)16-14(19)17-13/h10,15H,2-9H2,1H3,(H,16,17,19). The second-order valence-electron chi connectivity index (χ2n) is 5.65. The molecule has 1 aliphatic heterocycles. The molecule has 5 nitrogen and oxygen atoms in total. The lowest BCUT2D eigenvalue weighted by Gasteiger charge is -2.34. The van der Waals surface area contributed by atoms with Gasteiger partial charge in [0, 0.05) is 43.9 Å². The maximum Gasteiger partial charge on any atom is 0.347 e. The average Bonchev–Trinajstić information content (AvgIpc) is 2.46. The summed E-state index contributed by atoms with van der Waals surface area (Å²) in [5.41, 5.74) is 2.04. The molecule has 2 heterocycles. The van der Waals surface area contributed by atoms with Crippen molar-refractivity contribution in [1.29, 1.82) is 0 Å². The molecule has 0 radical (unpaired) electrons. The number of rotatable bonds is 2. The van der Waals surface area contributed by atoms with E-state index in [-0.39, 0.29) is 5.69 Å². The molecule has 1 aromatic heterocycles. The predicted molar refractivity (Wildman–Crippen MR) is 75.5 cm³/mol. The van der Waals surface area contributed by atoms with Crippen LogP contribution >= 0.6 is 0 Å². The number of anilines is 1. The van der Waals surface area contributed by atoms with Gasteiger partial charge in [-0.25, -0.2) is 4.79 Å². The number of aromatic nitrogens is 2. The largest absolute Gasteiger partial charge is 0.356 e. The normalized spacial score (nSPS) is 20.1. The fourth-order valence-electron chi connectivity index (χ4n) is 3.29. The molecule has 0 bridgehead atoms. The first-order valence-corrected chi connectivity index (χ1v) is 7.31. The highest BCUT2D eigenvalue weighted by molar-refractivity contribution is 5.49. The lowest BCUT2D eigenvalue weighted by Crippen LogP contribution is -2.38.